The molecule has 1 fully saturated rings. The highest BCUT2D eigenvalue weighted by Gasteiger charge is 2.29. The fourth-order valence-electron chi connectivity index (χ4n) is 1.76. The zero-order valence-electron chi connectivity index (χ0n) is 11.2. The molecule has 0 saturated heterocycles. The summed E-state index contributed by atoms with van der Waals surface area (Å²) in [6, 6.07) is 3.59. The quantitative estimate of drug-likeness (QED) is 0.665. The van der Waals surface area contributed by atoms with Crippen molar-refractivity contribution in [3.8, 4) is 0 Å². The smallest absolute Gasteiger partial charge is 0.223 e. The number of pyridine rings is 1. The number of rotatable bonds is 8. The van der Waals surface area contributed by atoms with E-state index in [2.05, 4.69) is 15.0 Å². The number of sulfonamides is 1. The molecule has 110 valence electrons. The van der Waals surface area contributed by atoms with Gasteiger partial charge in [0.05, 0.1) is 5.75 Å². The molecule has 0 radical (unpaired) electrons. The van der Waals surface area contributed by atoms with Gasteiger partial charge in [0.15, 0.2) is 0 Å². The van der Waals surface area contributed by atoms with Crippen LogP contribution in [0.2, 0.25) is 0 Å². The summed E-state index contributed by atoms with van der Waals surface area (Å²) in [5.41, 5.74) is 0.937. The molecule has 0 aliphatic heterocycles. The Morgan fingerprint density at radius 2 is 1.95 bits per heavy atom. The lowest BCUT2D eigenvalue weighted by Gasteiger charge is -2.07. The van der Waals surface area contributed by atoms with Gasteiger partial charge < -0.3 is 5.32 Å². The number of carbonyl (C=O) groups is 1. The Morgan fingerprint density at radius 1 is 1.25 bits per heavy atom. The minimum absolute atomic E-state index is 0.0287. The van der Waals surface area contributed by atoms with E-state index in [1.807, 2.05) is 0 Å². The molecule has 2 N–H and O–H groups in total. The minimum Gasteiger partial charge on any atom is -0.355 e. The molecule has 0 aromatic carbocycles. The maximum atomic E-state index is 11.8. The van der Waals surface area contributed by atoms with Crippen molar-refractivity contribution in [3.05, 3.63) is 30.1 Å². The molecule has 1 aliphatic carbocycles. The molecule has 1 amide bonds. The van der Waals surface area contributed by atoms with E-state index in [0.717, 1.165) is 18.4 Å². The van der Waals surface area contributed by atoms with Crippen LogP contribution in [0, 0.1) is 5.92 Å². The SMILES string of the molecule is O=C(NCCNS(=O)(=O)CCc1ccncc1)C1CC1. The highest BCUT2D eigenvalue weighted by Crippen LogP contribution is 2.28. The lowest BCUT2D eigenvalue weighted by molar-refractivity contribution is -0.122. The maximum absolute atomic E-state index is 11.8. The van der Waals surface area contributed by atoms with E-state index in [9.17, 15) is 13.2 Å². The first-order valence-electron chi connectivity index (χ1n) is 6.71. The predicted octanol–water partition coefficient (Wildman–Crippen LogP) is 0.0697. The number of nitrogens with one attached hydrogen (secondary N) is 2. The van der Waals surface area contributed by atoms with Gasteiger partial charge in [0.1, 0.15) is 0 Å². The summed E-state index contributed by atoms with van der Waals surface area (Å²) in [6.07, 6.45) is 5.63. The molecule has 1 aromatic rings. The molecule has 20 heavy (non-hydrogen) atoms. The molecule has 2 rings (SSSR count). The Hall–Kier alpha value is -1.47. The van der Waals surface area contributed by atoms with Crippen LogP contribution in [0.3, 0.4) is 0 Å². The Morgan fingerprint density at radius 3 is 2.60 bits per heavy atom. The van der Waals surface area contributed by atoms with Crippen LogP contribution in [0.15, 0.2) is 24.5 Å². The second kappa shape index (κ2) is 6.81. The van der Waals surface area contributed by atoms with Crippen molar-refractivity contribution in [2.24, 2.45) is 5.92 Å². The predicted molar refractivity (Wildman–Crippen MR) is 75.5 cm³/mol. The molecule has 0 unspecified atom stereocenters. The number of aryl methyl sites for hydroxylation is 1. The highest BCUT2D eigenvalue weighted by molar-refractivity contribution is 7.89. The second-order valence-corrected chi connectivity index (χ2v) is 6.81. The zero-order chi connectivity index (χ0) is 14.4. The number of amides is 1. The van der Waals surface area contributed by atoms with Gasteiger partial charge in [0.2, 0.25) is 15.9 Å². The first-order chi connectivity index (χ1) is 9.57. The Kier molecular flexibility index (Phi) is 5.08. The van der Waals surface area contributed by atoms with Crippen molar-refractivity contribution < 1.29 is 13.2 Å². The Labute approximate surface area is 119 Å². The molecule has 0 bridgehead atoms. The molecular formula is C13H19N3O3S. The van der Waals surface area contributed by atoms with Crippen molar-refractivity contribution in [2.45, 2.75) is 19.3 Å². The average Bonchev–Trinajstić information content (AvgIpc) is 3.27. The summed E-state index contributed by atoms with van der Waals surface area (Å²) in [5, 5.41) is 2.72. The summed E-state index contributed by atoms with van der Waals surface area (Å²) >= 11 is 0. The van der Waals surface area contributed by atoms with Gasteiger partial charge in [-0.05, 0) is 37.0 Å². The highest BCUT2D eigenvalue weighted by atomic mass is 32.2. The lowest BCUT2D eigenvalue weighted by atomic mass is 10.2. The molecule has 1 aromatic heterocycles. The average molecular weight is 297 g/mol. The summed E-state index contributed by atoms with van der Waals surface area (Å²) < 4.78 is 26.0. The van der Waals surface area contributed by atoms with Gasteiger partial charge in [0.25, 0.3) is 0 Å². The Bertz CT molecular complexity index is 541. The molecule has 1 heterocycles. The summed E-state index contributed by atoms with van der Waals surface area (Å²) in [7, 11) is -3.30. The number of nitrogens with zero attached hydrogens (tertiary/aromatic N) is 1. The summed E-state index contributed by atoms with van der Waals surface area (Å²) in [5.74, 6) is 0.215. The van der Waals surface area contributed by atoms with Gasteiger partial charge >= 0.3 is 0 Å². The summed E-state index contributed by atoms with van der Waals surface area (Å²) in [4.78, 5) is 15.2. The third kappa shape index (κ3) is 5.26. The molecule has 0 spiro atoms. The monoisotopic (exact) mass is 297 g/mol. The van der Waals surface area contributed by atoms with Gasteiger partial charge in [-0.2, -0.15) is 0 Å². The molecule has 1 saturated carbocycles. The fraction of sp³-hybridized carbons (Fsp3) is 0.538. The second-order valence-electron chi connectivity index (χ2n) is 4.88. The number of hydrogen-bond donors (Lipinski definition) is 2. The van der Waals surface area contributed by atoms with Crippen molar-refractivity contribution in [2.75, 3.05) is 18.8 Å². The molecule has 0 atom stereocenters. The summed E-state index contributed by atoms with van der Waals surface area (Å²) in [6.45, 7) is 0.570. The third-order valence-electron chi connectivity index (χ3n) is 3.10. The van der Waals surface area contributed by atoms with E-state index in [1.165, 1.54) is 0 Å². The molecule has 7 heteroatoms. The van der Waals surface area contributed by atoms with E-state index in [4.69, 9.17) is 0 Å². The van der Waals surface area contributed by atoms with Crippen molar-refractivity contribution >= 4 is 15.9 Å². The first kappa shape index (κ1) is 14.9. The van der Waals surface area contributed by atoms with E-state index < -0.39 is 10.0 Å². The van der Waals surface area contributed by atoms with Gasteiger partial charge in [-0.1, -0.05) is 0 Å². The van der Waals surface area contributed by atoms with Crippen molar-refractivity contribution in [3.63, 3.8) is 0 Å². The molecule has 1 aliphatic rings. The lowest BCUT2D eigenvalue weighted by Crippen LogP contribution is -2.36. The van der Waals surface area contributed by atoms with E-state index >= 15 is 0 Å². The van der Waals surface area contributed by atoms with E-state index in [1.54, 1.807) is 24.5 Å². The van der Waals surface area contributed by atoms with Crippen molar-refractivity contribution in [1.82, 2.24) is 15.0 Å². The number of carbonyl (C=O) groups excluding carboxylic acids is 1. The largest absolute Gasteiger partial charge is 0.355 e. The van der Waals surface area contributed by atoms with Crippen LogP contribution in [-0.2, 0) is 21.2 Å². The zero-order valence-corrected chi connectivity index (χ0v) is 12.0. The topological polar surface area (TPSA) is 88.2 Å². The van der Waals surface area contributed by atoms with Gasteiger partial charge in [-0.3, -0.25) is 9.78 Å². The van der Waals surface area contributed by atoms with Gasteiger partial charge in [0, 0.05) is 31.4 Å². The van der Waals surface area contributed by atoms with Crippen LogP contribution in [0.1, 0.15) is 18.4 Å². The van der Waals surface area contributed by atoms with Crippen molar-refractivity contribution in [1.29, 1.82) is 0 Å². The van der Waals surface area contributed by atoms with E-state index in [-0.39, 0.29) is 24.1 Å². The third-order valence-corrected chi connectivity index (χ3v) is 4.49. The van der Waals surface area contributed by atoms with Crippen LogP contribution in [-0.4, -0.2) is 38.2 Å². The van der Waals surface area contributed by atoms with Crippen LogP contribution in [0.25, 0.3) is 0 Å². The first-order valence-corrected chi connectivity index (χ1v) is 8.36. The Balaban J connectivity index is 1.64. The molecule has 6 nitrogen and oxygen atoms in total. The van der Waals surface area contributed by atoms with Crippen LogP contribution >= 0.6 is 0 Å². The van der Waals surface area contributed by atoms with Crippen LogP contribution < -0.4 is 10.0 Å². The van der Waals surface area contributed by atoms with Gasteiger partial charge in [-0.15, -0.1) is 0 Å². The normalized spacial score (nSPS) is 15.0. The maximum Gasteiger partial charge on any atom is 0.223 e. The molecular weight excluding hydrogens is 278 g/mol. The van der Waals surface area contributed by atoms with Crippen LogP contribution in [0.5, 0.6) is 0 Å². The standard InChI is InChI=1S/C13H19N3O3S/c17-13(12-1-2-12)15-8-9-16-20(18,19)10-5-11-3-6-14-7-4-11/h3-4,6-7,12,16H,1-2,5,8-10H2,(H,15,17). The number of aromatic nitrogens is 1. The van der Waals surface area contributed by atoms with Crippen LogP contribution in [0.4, 0.5) is 0 Å². The minimum atomic E-state index is -3.30. The van der Waals surface area contributed by atoms with Gasteiger partial charge in [-0.25, -0.2) is 13.1 Å². The van der Waals surface area contributed by atoms with E-state index in [0.29, 0.717) is 13.0 Å². The number of hydrogen-bond acceptors (Lipinski definition) is 4. The fourth-order valence-corrected chi connectivity index (χ4v) is 2.82.